The Morgan fingerprint density at radius 3 is 2.59 bits per heavy atom. The van der Waals surface area contributed by atoms with E-state index in [1.165, 1.54) is 26.4 Å². The molecule has 0 unspecified atom stereocenters. The summed E-state index contributed by atoms with van der Waals surface area (Å²) in [5, 5.41) is 11.0. The van der Waals surface area contributed by atoms with Gasteiger partial charge in [-0.2, -0.15) is 20.2 Å². The van der Waals surface area contributed by atoms with Crippen LogP contribution in [-0.4, -0.2) is 43.6 Å². The molecule has 1 heterocycles. The molecular formula is C15H16N6O5S. The number of nitrogens with one attached hydrogen (secondary N) is 2. The van der Waals surface area contributed by atoms with E-state index in [9.17, 15) is 13.2 Å². The fourth-order valence-electron chi connectivity index (χ4n) is 2.04. The molecule has 0 aliphatic rings. The Morgan fingerprint density at radius 1 is 1.22 bits per heavy atom. The number of hydrogen-bond donors (Lipinski definition) is 2. The lowest BCUT2D eigenvalue weighted by Crippen LogP contribution is -2.35. The number of nitriles is 1. The van der Waals surface area contributed by atoms with E-state index >= 15 is 0 Å². The Morgan fingerprint density at radius 2 is 1.96 bits per heavy atom. The molecule has 0 bridgehead atoms. The molecule has 1 aromatic heterocycles. The highest BCUT2D eigenvalue weighted by Crippen LogP contribution is 2.25. The van der Waals surface area contributed by atoms with Gasteiger partial charge in [-0.1, -0.05) is 6.07 Å². The summed E-state index contributed by atoms with van der Waals surface area (Å²) < 4.78 is 36.8. The second-order valence-electron chi connectivity index (χ2n) is 5.07. The lowest BCUT2D eigenvalue weighted by molar-refractivity contribution is 0.256. The van der Waals surface area contributed by atoms with Crippen LogP contribution >= 0.6 is 0 Å². The molecular weight excluding hydrogens is 376 g/mol. The summed E-state index contributed by atoms with van der Waals surface area (Å²) in [7, 11) is -1.66. The Balaban J connectivity index is 2.25. The first-order valence-electron chi connectivity index (χ1n) is 7.43. The molecule has 12 heteroatoms. The topological polar surface area (TPSA) is 156 Å². The van der Waals surface area contributed by atoms with E-state index in [1.54, 1.807) is 13.0 Å². The number of carbonyl (C=O) groups is 1. The summed E-state index contributed by atoms with van der Waals surface area (Å²) in [4.78, 5) is 23.3. The van der Waals surface area contributed by atoms with Crippen molar-refractivity contribution in [3.05, 3.63) is 29.6 Å². The van der Waals surface area contributed by atoms with Gasteiger partial charge in [-0.25, -0.2) is 17.9 Å². The number of ether oxygens (including phenoxy) is 2. The number of anilines is 1. The smallest absolute Gasteiger partial charge is 0.335 e. The van der Waals surface area contributed by atoms with Crippen LogP contribution in [-0.2, 0) is 16.4 Å². The van der Waals surface area contributed by atoms with Gasteiger partial charge in [-0.15, -0.1) is 0 Å². The molecule has 2 amide bonds. The number of aryl methyl sites for hydroxylation is 1. The van der Waals surface area contributed by atoms with Crippen molar-refractivity contribution in [1.82, 2.24) is 19.7 Å². The van der Waals surface area contributed by atoms with Crippen LogP contribution in [0.2, 0.25) is 0 Å². The molecule has 0 spiro atoms. The number of nitrogens with zero attached hydrogens (tertiary/aromatic N) is 4. The number of rotatable bonds is 6. The van der Waals surface area contributed by atoms with Crippen molar-refractivity contribution in [3.8, 4) is 17.8 Å². The Hall–Kier alpha value is -3.46. The van der Waals surface area contributed by atoms with Crippen molar-refractivity contribution in [2.45, 2.75) is 18.2 Å². The Kier molecular flexibility index (Phi) is 6.09. The van der Waals surface area contributed by atoms with Crippen molar-refractivity contribution < 1.29 is 22.7 Å². The summed E-state index contributed by atoms with van der Waals surface area (Å²) in [6, 6.07) is 5.01. The van der Waals surface area contributed by atoms with Crippen molar-refractivity contribution in [1.29, 1.82) is 5.26 Å². The molecule has 0 fully saturated rings. The maximum atomic E-state index is 12.5. The van der Waals surface area contributed by atoms with Crippen LogP contribution in [0.1, 0.15) is 11.4 Å². The minimum atomic E-state index is -4.29. The summed E-state index contributed by atoms with van der Waals surface area (Å²) in [5.74, 6) is 0.109. The van der Waals surface area contributed by atoms with Gasteiger partial charge in [-0.05, 0) is 24.6 Å². The van der Waals surface area contributed by atoms with E-state index in [0.717, 1.165) is 0 Å². The number of carbonyl (C=O) groups excluding carboxylic acids is 1. The van der Waals surface area contributed by atoms with Crippen LogP contribution in [0, 0.1) is 18.3 Å². The highest BCUT2D eigenvalue weighted by atomic mass is 32.2. The van der Waals surface area contributed by atoms with E-state index < -0.39 is 16.1 Å². The first kappa shape index (κ1) is 19.9. The summed E-state index contributed by atoms with van der Waals surface area (Å²) >= 11 is 0. The monoisotopic (exact) mass is 392 g/mol. The van der Waals surface area contributed by atoms with E-state index in [-0.39, 0.29) is 34.8 Å². The first-order chi connectivity index (χ1) is 12.8. The van der Waals surface area contributed by atoms with E-state index in [4.69, 9.17) is 14.7 Å². The molecule has 27 heavy (non-hydrogen) atoms. The third-order valence-electron chi connectivity index (χ3n) is 3.16. The van der Waals surface area contributed by atoms with Crippen LogP contribution < -0.4 is 19.5 Å². The highest BCUT2D eigenvalue weighted by Gasteiger charge is 2.23. The number of benzene rings is 1. The molecule has 1 aromatic carbocycles. The number of hydrogen-bond acceptors (Lipinski definition) is 9. The molecule has 0 radical (unpaired) electrons. The number of amides is 2. The lowest BCUT2D eigenvalue weighted by atomic mass is 10.2. The zero-order valence-electron chi connectivity index (χ0n) is 14.7. The summed E-state index contributed by atoms with van der Waals surface area (Å²) in [6.07, 6.45) is 0.00262. The van der Waals surface area contributed by atoms with Gasteiger partial charge >= 0.3 is 12.0 Å². The SMILES string of the molecule is COc1nc(C)nc(NC(=O)NS(=O)(=O)c2cc(CC#N)ccc2OC)n1. The molecule has 0 aliphatic heterocycles. The molecule has 0 saturated heterocycles. The van der Waals surface area contributed by atoms with Crippen molar-refractivity contribution >= 4 is 22.0 Å². The summed E-state index contributed by atoms with van der Waals surface area (Å²) in [6.45, 7) is 1.55. The zero-order chi connectivity index (χ0) is 20.0. The molecule has 2 N–H and O–H groups in total. The minimum absolute atomic E-state index is 0.00262. The summed E-state index contributed by atoms with van der Waals surface area (Å²) in [5.41, 5.74) is 0.455. The van der Waals surface area contributed by atoms with Gasteiger partial charge in [0.05, 0.1) is 26.7 Å². The second kappa shape index (κ2) is 8.28. The lowest BCUT2D eigenvalue weighted by Gasteiger charge is -2.12. The molecule has 0 aliphatic carbocycles. The third kappa shape index (κ3) is 5.02. The molecule has 11 nitrogen and oxygen atoms in total. The Labute approximate surface area is 155 Å². The van der Waals surface area contributed by atoms with Crippen molar-refractivity contribution in [3.63, 3.8) is 0 Å². The van der Waals surface area contributed by atoms with Crippen LogP contribution in [0.15, 0.2) is 23.1 Å². The van der Waals surface area contributed by atoms with Gasteiger partial charge in [0.25, 0.3) is 10.0 Å². The maximum Gasteiger partial charge on any atom is 0.335 e. The normalized spacial score (nSPS) is 10.6. The number of methoxy groups -OCH3 is 2. The van der Waals surface area contributed by atoms with Crippen LogP contribution in [0.3, 0.4) is 0 Å². The number of urea groups is 1. The van der Waals surface area contributed by atoms with Crippen LogP contribution in [0.25, 0.3) is 0 Å². The van der Waals surface area contributed by atoms with Crippen LogP contribution in [0.5, 0.6) is 11.8 Å². The Bertz CT molecular complexity index is 1000. The fourth-order valence-corrected chi connectivity index (χ4v) is 3.17. The van der Waals surface area contributed by atoms with Gasteiger partial charge in [-0.3, -0.25) is 5.32 Å². The van der Waals surface area contributed by atoms with Crippen LogP contribution in [0.4, 0.5) is 10.7 Å². The highest BCUT2D eigenvalue weighted by molar-refractivity contribution is 7.90. The van der Waals surface area contributed by atoms with Gasteiger partial charge < -0.3 is 9.47 Å². The predicted molar refractivity (Wildman–Crippen MR) is 92.8 cm³/mol. The molecule has 0 atom stereocenters. The van der Waals surface area contributed by atoms with E-state index in [2.05, 4.69) is 20.3 Å². The predicted octanol–water partition coefficient (Wildman–Crippen LogP) is 0.774. The van der Waals surface area contributed by atoms with E-state index in [0.29, 0.717) is 5.56 Å². The average Bonchev–Trinajstić information content (AvgIpc) is 2.60. The minimum Gasteiger partial charge on any atom is -0.495 e. The van der Waals surface area contributed by atoms with E-state index in [1.807, 2.05) is 10.8 Å². The molecule has 142 valence electrons. The fraction of sp³-hybridized carbons (Fsp3) is 0.267. The number of sulfonamides is 1. The largest absolute Gasteiger partial charge is 0.495 e. The molecule has 0 saturated carbocycles. The van der Waals surface area contributed by atoms with Gasteiger partial charge in [0.15, 0.2) is 0 Å². The second-order valence-corrected chi connectivity index (χ2v) is 6.72. The van der Waals surface area contributed by atoms with Gasteiger partial charge in [0.1, 0.15) is 16.5 Å². The first-order valence-corrected chi connectivity index (χ1v) is 8.91. The van der Waals surface area contributed by atoms with Crippen molar-refractivity contribution in [2.24, 2.45) is 0 Å². The third-order valence-corrected chi connectivity index (χ3v) is 4.51. The van der Waals surface area contributed by atoms with Gasteiger partial charge in [0, 0.05) is 0 Å². The quantitative estimate of drug-likeness (QED) is 0.724. The molecule has 2 rings (SSSR count). The number of aromatic nitrogens is 3. The van der Waals surface area contributed by atoms with Gasteiger partial charge in [0.2, 0.25) is 5.95 Å². The standard InChI is InChI=1S/C15H16N6O5S/c1-9-17-13(20-15(18-9)26-3)19-14(22)21-27(23,24)12-8-10(6-7-16)4-5-11(12)25-2/h4-5,8H,6H2,1-3H3,(H2,17,18,19,20,21,22). The molecule has 2 aromatic rings. The van der Waals surface area contributed by atoms with Crippen molar-refractivity contribution in [2.75, 3.05) is 19.5 Å². The average molecular weight is 392 g/mol. The zero-order valence-corrected chi connectivity index (χ0v) is 15.5. The maximum absolute atomic E-state index is 12.5.